The Hall–Kier alpha value is -1.94. The number of aromatic nitrogens is 2. The molecule has 1 aromatic rings. The number of hydrogen-bond acceptors (Lipinski definition) is 5. The number of rotatable bonds is 7. The molecule has 1 aliphatic carbocycles. The lowest BCUT2D eigenvalue weighted by Crippen LogP contribution is -2.41. The summed E-state index contributed by atoms with van der Waals surface area (Å²) in [5.41, 5.74) is 0.429. The lowest BCUT2D eigenvalue weighted by molar-refractivity contribution is -0.142. The van der Waals surface area contributed by atoms with Gasteiger partial charge < -0.3 is 4.90 Å². The first kappa shape index (κ1) is 24.7. The molecular weight excluding hydrogens is 425 g/mol. The maximum Gasteiger partial charge on any atom is 0.435 e. The van der Waals surface area contributed by atoms with Crippen molar-refractivity contribution < 1.29 is 28.0 Å². The first-order valence-corrected chi connectivity index (χ1v) is 11.3. The van der Waals surface area contributed by atoms with E-state index in [2.05, 4.69) is 16.9 Å². The Morgan fingerprint density at radius 3 is 2.50 bits per heavy atom. The van der Waals surface area contributed by atoms with Crippen molar-refractivity contribution in [2.75, 3.05) is 13.1 Å². The SMILES string of the molecule is CC(CCCCC(=O)NO)N1CCC(n2nc(C(F)(F)F)c3c2CC(C)(C)CC3=O)CC1. The van der Waals surface area contributed by atoms with E-state index in [0.29, 0.717) is 37.4 Å². The van der Waals surface area contributed by atoms with Gasteiger partial charge in [0.15, 0.2) is 11.5 Å². The molecule has 0 aromatic carbocycles. The molecule has 0 spiro atoms. The summed E-state index contributed by atoms with van der Waals surface area (Å²) in [5.74, 6) is -0.850. The highest BCUT2D eigenvalue weighted by Gasteiger charge is 2.46. The van der Waals surface area contributed by atoms with Crippen LogP contribution in [0.15, 0.2) is 0 Å². The molecule has 1 saturated heterocycles. The Kier molecular flexibility index (Phi) is 7.34. The van der Waals surface area contributed by atoms with Crippen LogP contribution in [-0.2, 0) is 17.4 Å². The van der Waals surface area contributed by atoms with Gasteiger partial charge in [-0.05, 0) is 44.4 Å². The Balaban J connectivity index is 1.67. The summed E-state index contributed by atoms with van der Waals surface area (Å²) in [5, 5.41) is 12.5. The van der Waals surface area contributed by atoms with Gasteiger partial charge in [-0.15, -0.1) is 0 Å². The summed E-state index contributed by atoms with van der Waals surface area (Å²) in [6.45, 7) is 7.43. The van der Waals surface area contributed by atoms with Gasteiger partial charge in [-0.25, -0.2) is 5.48 Å². The second-order valence-electron chi connectivity index (χ2n) is 9.95. The number of halogens is 3. The number of fused-ring (bicyclic) bond motifs is 1. The van der Waals surface area contributed by atoms with Gasteiger partial charge in [0.2, 0.25) is 5.91 Å². The topological polar surface area (TPSA) is 87.5 Å². The van der Waals surface area contributed by atoms with E-state index in [4.69, 9.17) is 5.21 Å². The zero-order chi connectivity index (χ0) is 23.7. The predicted molar refractivity (Wildman–Crippen MR) is 111 cm³/mol. The molecule has 180 valence electrons. The molecule has 10 heteroatoms. The summed E-state index contributed by atoms with van der Waals surface area (Å²) in [6.07, 6.45) is -0.0408. The molecule has 1 unspecified atom stereocenters. The monoisotopic (exact) mass is 458 g/mol. The van der Waals surface area contributed by atoms with Gasteiger partial charge in [-0.3, -0.25) is 19.5 Å². The molecule has 0 saturated carbocycles. The number of unbranched alkanes of at least 4 members (excludes halogenated alkanes) is 1. The third kappa shape index (κ3) is 5.51. The maximum atomic E-state index is 13.6. The number of amides is 1. The van der Waals surface area contributed by atoms with Crippen molar-refractivity contribution in [2.45, 2.75) is 90.4 Å². The van der Waals surface area contributed by atoms with Crippen molar-refractivity contribution in [2.24, 2.45) is 5.41 Å². The zero-order valence-electron chi connectivity index (χ0n) is 19.0. The van der Waals surface area contributed by atoms with Crippen LogP contribution in [-0.4, -0.2) is 50.7 Å². The summed E-state index contributed by atoms with van der Waals surface area (Å²) in [4.78, 5) is 26.0. The molecule has 2 heterocycles. The minimum absolute atomic E-state index is 0.102. The number of carbonyl (C=O) groups is 2. The normalized spacial score (nSPS) is 20.8. The highest BCUT2D eigenvalue weighted by Crippen LogP contribution is 2.42. The summed E-state index contributed by atoms with van der Waals surface area (Å²) >= 11 is 0. The maximum absolute atomic E-state index is 13.6. The van der Waals surface area contributed by atoms with Gasteiger partial charge in [0.05, 0.1) is 17.3 Å². The van der Waals surface area contributed by atoms with Crippen LogP contribution < -0.4 is 5.48 Å². The largest absolute Gasteiger partial charge is 0.435 e. The number of alkyl halides is 3. The van der Waals surface area contributed by atoms with E-state index in [1.54, 1.807) is 5.48 Å². The molecular formula is C22H33F3N4O3. The number of hydroxylamine groups is 1. The lowest BCUT2D eigenvalue weighted by Gasteiger charge is -2.37. The Morgan fingerprint density at radius 2 is 1.91 bits per heavy atom. The van der Waals surface area contributed by atoms with Crippen molar-refractivity contribution in [3.05, 3.63) is 17.0 Å². The van der Waals surface area contributed by atoms with E-state index in [1.807, 2.05) is 13.8 Å². The van der Waals surface area contributed by atoms with E-state index < -0.39 is 17.7 Å². The van der Waals surface area contributed by atoms with Crippen molar-refractivity contribution >= 4 is 11.7 Å². The van der Waals surface area contributed by atoms with E-state index >= 15 is 0 Å². The standard InChI is InChI=1S/C22H33F3N4O3/c1-14(6-4-5-7-18(31)27-32)28-10-8-15(9-11-28)29-16-12-21(2,3)13-17(30)19(16)20(26-29)22(23,24)25/h14-15,32H,4-13H2,1-3H3,(H,27,31). The van der Waals surface area contributed by atoms with Crippen LogP contribution in [0.25, 0.3) is 0 Å². The third-order valence-electron chi connectivity index (χ3n) is 6.71. The van der Waals surface area contributed by atoms with Gasteiger partial charge in [0.25, 0.3) is 0 Å². The number of nitrogens with zero attached hydrogens (tertiary/aromatic N) is 3. The molecule has 1 atom stereocenters. The molecule has 1 aliphatic heterocycles. The highest BCUT2D eigenvalue weighted by atomic mass is 19.4. The van der Waals surface area contributed by atoms with E-state index in [-0.39, 0.29) is 35.8 Å². The predicted octanol–water partition coefficient (Wildman–Crippen LogP) is 4.15. The summed E-state index contributed by atoms with van der Waals surface area (Å²) < 4.78 is 42.4. The Morgan fingerprint density at radius 1 is 1.25 bits per heavy atom. The number of carbonyl (C=O) groups excluding carboxylic acids is 2. The summed E-state index contributed by atoms with van der Waals surface area (Å²) in [7, 11) is 0. The van der Waals surface area contributed by atoms with Gasteiger partial charge in [0.1, 0.15) is 0 Å². The van der Waals surface area contributed by atoms with E-state index in [9.17, 15) is 22.8 Å². The van der Waals surface area contributed by atoms with E-state index in [0.717, 1.165) is 25.9 Å². The minimum atomic E-state index is -4.64. The molecule has 32 heavy (non-hydrogen) atoms. The second kappa shape index (κ2) is 9.51. The Labute approximate surface area is 186 Å². The fourth-order valence-electron chi connectivity index (χ4n) is 5.01. The minimum Gasteiger partial charge on any atom is -0.301 e. The summed E-state index contributed by atoms with van der Waals surface area (Å²) in [6, 6.07) is 0.143. The average molecular weight is 459 g/mol. The fraction of sp³-hybridized carbons (Fsp3) is 0.773. The second-order valence-corrected chi connectivity index (χ2v) is 9.95. The van der Waals surface area contributed by atoms with Crippen molar-refractivity contribution in [1.29, 1.82) is 0 Å². The van der Waals surface area contributed by atoms with Gasteiger partial charge in [-0.1, -0.05) is 20.3 Å². The molecule has 0 bridgehead atoms. The first-order valence-electron chi connectivity index (χ1n) is 11.3. The zero-order valence-corrected chi connectivity index (χ0v) is 19.0. The quantitative estimate of drug-likeness (QED) is 0.364. The molecule has 1 amide bonds. The molecule has 2 N–H and O–H groups in total. The number of ketones is 1. The highest BCUT2D eigenvalue weighted by molar-refractivity contribution is 6.00. The van der Waals surface area contributed by atoms with Gasteiger partial charge in [0, 0.05) is 32.0 Å². The number of likely N-dealkylation sites (tertiary alicyclic amines) is 1. The molecule has 2 aliphatic rings. The van der Waals surface area contributed by atoms with Crippen molar-refractivity contribution in [3.8, 4) is 0 Å². The lowest BCUT2D eigenvalue weighted by atomic mass is 9.75. The fourth-order valence-corrected chi connectivity index (χ4v) is 5.01. The van der Waals surface area contributed by atoms with Crippen LogP contribution in [0.2, 0.25) is 0 Å². The van der Waals surface area contributed by atoms with Crippen molar-refractivity contribution in [1.82, 2.24) is 20.2 Å². The van der Waals surface area contributed by atoms with Gasteiger partial charge in [-0.2, -0.15) is 18.3 Å². The molecule has 7 nitrogen and oxygen atoms in total. The molecule has 3 rings (SSSR count). The average Bonchev–Trinajstić information content (AvgIpc) is 3.10. The van der Waals surface area contributed by atoms with Crippen LogP contribution in [0.4, 0.5) is 13.2 Å². The van der Waals surface area contributed by atoms with Crippen LogP contribution in [0.5, 0.6) is 0 Å². The first-order chi connectivity index (χ1) is 14.9. The van der Waals surface area contributed by atoms with Gasteiger partial charge >= 0.3 is 6.18 Å². The van der Waals surface area contributed by atoms with Crippen LogP contribution in [0.3, 0.4) is 0 Å². The number of Topliss-reactive ketones (excluding diaryl/α,β-unsaturated/α-hetero) is 1. The molecule has 0 radical (unpaired) electrons. The number of piperidine rings is 1. The third-order valence-corrected chi connectivity index (χ3v) is 6.71. The number of nitrogens with one attached hydrogen (secondary N) is 1. The van der Waals surface area contributed by atoms with Crippen LogP contribution in [0.1, 0.15) is 93.5 Å². The smallest absolute Gasteiger partial charge is 0.301 e. The van der Waals surface area contributed by atoms with Crippen LogP contribution >= 0.6 is 0 Å². The molecule has 1 aromatic heterocycles. The Bertz CT molecular complexity index is 842. The number of hydrogen-bond donors (Lipinski definition) is 2. The molecule has 1 fully saturated rings. The van der Waals surface area contributed by atoms with Crippen molar-refractivity contribution in [3.63, 3.8) is 0 Å². The van der Waals surface area contributed by atoms with Crippen LogP contribution in [0, 0.1) is 5.41 Å². The van der Waals surface area contributed by atoms with E-state index in [1.165, 1.54) is 4.68 Å².